The highest BCUT2D eigenvalue weighted by atomic mass is 19.1. The molecule has 0 unspecified atom stereocenters. The van der Waals surface area contributed by atoms with Crippen LogP contribution >= 0.6 is 0 Å². The van der Waals surface area contributed by atoms with Crippen molar-refractivity contribution in [3.8, 4) is 11.1 Å². The second kappa shape index (κ2) is 6.39. The lowest BCUT2D eigenvalue weighted by atomic mass is 10.0. The van der Waals surface area contributed by atoms with Crippen LogP contribution in [0.25, 0.3) is 11.1 Å². The van der Waals surface area contributed by atoms with Gasteiger partial charge in [-0.15, -0.1) is 0 Å². The standard InChI is InChI=1S/C18H18FN3O2/c1-11-3-2-4-12(5-11)13-6-14(9-21-8-13)18(24)22-10-15(19)7-16(22)17(20)23/h2-6,8-9,15-16H,7,10H2,1H3,(H2,20,23)/t15-,16+/m1/s1. The number of likely N-dealkylation sites (tertiary alicyclic amines) is 1. The third kappa shape index (κ3) is 3.13. The van der Waals surface area contributed by atoms with Gasteiger partial charge in [-0.05, 0) is 18.6 Å². The van der Waals surface area contributed by atoms with Gasteiger partial charge >= 0.3 is 0 Å². The first-order valence-corrected chi connectivity index (χ1v) is 7.72. The first-order chi connectivity index (χ1) is 11.5. The number of nitrogens with zero attached hydrogens (tertiary/aromatic N) is 2. The largest absolute Gasteiger partial charge is 0.368 e. The summed E-state index contributed by atoms with van der Waals surface area (Å²) in [7, 11) is 0. The molecule has 24 heavy (non-hydrogen) atoms. The third-order valence-electron chi connectivity index (χ3n) is 4.18. The van der Waals surface area contributed by atoms with Gasteiger partial charge < -0.3 is 10.6 Å². The molecule has 2 aromatic rings. The molecule has 1 aliphatic heterocycles. The summed E-state index contributed by atoms with van der Waals surface area (Å²) in [5, 5.41) is 0. The Balaban J connectivity index is 1.91. The van der Waals surface area contributed by atoms with E-state index in [2.05, 4.69) is 4.98 Å². The van der Waals surface area contributed by atoms with Gasteiger partial charge in [-0.25, -0.2) is 4.39 Å². The molecule has 2 amide bonds. The number of halogens is 1. The Morgan fingerprint density at radius 2 is 2.04 bits per heavy atom. The van der Waals surface area contributed by atoms with E-state index in [0.29, 0.717) is 5.56 Å². The molecule has 6 heteroatoms. The number of alkyl halides is 1. The average molecular weight is 327 g/mol. The Bertz CT molecular complexity index is 793. The molecule has 2 N–H and O–H groups in total. The lowest BCUT2D eigenvalue weighted by Gasteiger charge is -2.21. The van der Waals surface area contributed by atoms with Gasteiger partial charge in [0.15, 0.2) is 0 Å². The van der Waals surface area contributed by atoms with Crippen LogP contribution in [0, 0.1) is 6.92 Å². The molecule has 0 bridgehead atoms. The van der Waals surface area contributed by atoms with E-state index < -0.39 is 24.0 Å². The maximum atomic E-state index is 13.6. The van der Waals surface area contributed by atoms with Crippen molar-refractivity contribution in [2.45, 2.75) is 25.6 Å². The van der Waals surface area contributed by atoms with Crippen LogP contribution in [0.5, 0.6) is 0 Å². The molecular weight excluding hydrogens is 309 g/mol. The van der Waals surface area contributed by atoms with E-state index in [1.54, 1.807) is 12.3 Å². The number of benzene rings is 1. The SMILES string of the molecule is Cc1cccc(-c2cncc(C(=O)N3C[C@H](F)C[C@H]3C(N)=O)c2)c1. The van der Waals surface area contributed by atoms with Gasteiger partial charge in [-0.2, -0.15) is 0 Å². The fourth-order valence-corrected chi connectivity index (χ4v) is 2.98. The first-order valence-electron chi connectivity index (χ1n) is 7.72. The molecule has 124 valence electrons. The first kappa shape index (κ1) is 16.1. The Morgan fingerprint density at radius 3 is 2.75 bits per heavy atom. The van der Waals surface area contributed by atoms with E-state index in [9.17, 15) is 14.0 Å². The Morgan fingerprint density at radius 1 is 1.25 bits per heavy atom. The van der Waals surface area contributed by atoms with Gasteiger partial charge in [0.1, 0.15) is 12.2 Å². The topological polar surface area (TPSA) is 76.3 Å². The normalized spacial score (nSPS) is 20.2. The summed E-state index contributed by atoms with van der Waals surface area (Å²) < 4.78 is 13.6. The van der Waals surface area contributed by atoms with Crippen molar-refractivity contribution < 1.29 is 14.0 Å². The summed E-state index contributed by atoms with van der Waals surface area (Å²) >= 11 is 0. The van der Waals surface area contributed by atoms with E-state index in [-0.39, 0.29) is 13.0 Å². The quantitative estimate of drug-likeness (QED) is 0.938. The minimum absolute atomic E-state index is 0.0495. The lowest BCUT2D eigenvalue weighted by molar-refractivity contribution is -0.121. The number of aromatic nitrogens is 1. The molecule has 0 spiro atoms. The summed E-state index contributed by atoms with van der Waals surface area (Å²) in [6.07, 6.45) is 1.80. The Hall–Kier alpha value is -2.76. The average Bonchev–Trinajstić information content (AvgIpc) is 2.96. The zero-order chi connectivity index (χ0) is 17.3. The maximum Gasteiger partial charge on any atom is 0.256 e. The van der Waals surface area contributed by atoms with Crippen molar-refractivity contribution in [2.75, 3.05) is 6.54 Å². The molecule has 1 aromatic carbocycles. The maximum absolute atomic E-state index is 13.6. The van der Waals surface area contributed by atoms with E-state index in [0.717, 1.165) is 16.7 Å². The van der Waals surface area contributed by atoms with Crippen LogP contribution in [-0.2, 0) is 4.79 Å². The second-order valence-electron chi connectivity index (χ2n) is 6.04. The fraction of sp³-hybridized carbons (Fsp3) is 0.278. The van der Waals surface area contributed by atoms with Crippen molar-refractivity contribution in [2.24, 2.45) is 5.73 Å². The van der Waals surface area contributed by atoms with Crippen LogP contribution in [0.3, 0.4) is 0 Å². The number of hydrogen-bond donors (Lipinski definition) is 1. The minimum atomic E-state index is -1.24. The van der Waals surface area contributed by atoms with Gasteiger partial charge in [-0.3, -0.25) is 14.6 Å². The van der Waals surface area contributed by atoms with Crippen molar-refractivity contribution in [1.82, 2.24) is 9.88 Å². The fourth-order valence-electron chi connectivity index (χ4n) is 2.98. The van der Waals surface area contributed by atoms with E-state index >= 15 is 0 Å². The van der Waals surface area contributed by atoms with Crippen molar-refractivity contribution in [3.05, 3.63) is 53.9 Å². The number of carbonyl (C=O) groups excluding carboxylic acids is 2. The van der Waals surface area contributed by atoms with E-state index in [4.69, 9.17) is 5.73 Å². The number of aryl methyl sites for hydroxylation is 1. The van der Waals surface area contributed by atoms with Crippen molar-refractivity contribution >= 4 is 11.8 Å². The molecular formula is C18H18FN3O2. The number of pyridine rings is 1. The molecule has 0 aliphatic carbocycles. The van der Waals surface area contributed by atoms with Crippen molar-refractivity contribution in [1.29, 1.82) is 0 Å². The highest BCUT2D eigenvalue weighted by molar-refractivity contribution is 5.98. The van der Waals surface area contributed by atoms with Crippen LogP contribution in [-0.4, -0.2) is 40.5 Å². The molecule has 1 aliphatic rings. The molecule has 1 saturated heterocycles. The van der Waals surface area contributed by atoms with Crippen LogP contribution in [0.2, 0.25) is 0 Å². The molecule has 2 heterocycles. The number of rotatable bonds is 3. The third-order valence-corrected chi connectivity index (χ3v) is 4.18. The highest BCUT2D eigenvalue weighted by Gasteiger charge is 2.39. The van der Waals surface area contributed by atoms with Crippen molar-refractivity contribution in [3.63, 3.8) is 0 Å². The predicted octanol–water partition coefficient (Wildman–Crippen LogP) is 2.09. The molecule has 0 radical (unpaired) electrons. The number of nitrogens with two attached hydrogens (primary N) is 1. The molecule has 3 rings (SSSR count). The Kier molecular flexibility index (Phi) is 4.29. The number of carbonyl (C=O) groups is 2. The van der Waals surface area contributed by atoms with E-state index in [1.165, 1.54) is 11.1 Å². The van der Waals surface area contributed by atoms with Gasteiger partial charge in [0.25, 0.3) is 5.91 Å². The smallest absolute Gasteiger partial charge is 0.256 e. The minimum Gasteiger partial charge on any atom is -0.368 e. The molecule has 0 saturated carbocycles. The van der Waals surface area contributed by atoms with Gasteiger partial charge in [0, 0.05) is 24.4 Å². The molecule has 1 fully saturated rings. The predicted molar refractivity (Wildman–Crippen MR) is 87.9 cm³/mol. The monoisotopic (exact) mass is 327 g/mol. The van der Waals surface area contributed by atoms with Crippen LogP contribution in [0.1, 0.15) is 22.3 Å². The van der Waals surface area contributed by atoms with Gasteiger partial charge in [-0.1, -0.05) is 29.8 Å². The highest BCUT2D eigenvalue weighted by Crippen LogP contribution is 2.25. The van der Waals surface area contributed by atoms with Crippen LogP contribution < -0.4 is 5.73 Å². The molecule has 2 atom stereocenters. The summed E-state index contributed by atoms with van der Waals surface area (Å²) in [6.45, 7) is 1.86. The Labute approximate surface area is 139 Å². The number of hydrogen-bond acceptors (Lipinski definition) is 3. The van der Waals surface area contributed by atoms with Crippen LogP contribution in [0.4, 0.5) is 4.39 Å². The summed E-state index contributed by atoms with van der Waals surface area (Å²) in [5.41, 5.74) is 8.42. The lowest BCUT2D eigenvalue weighted by Crippen LogP contribution is -2.43. The van der Waals surface area contributed by atoms with E-state index in [1.807, 2.05) is 31.2 Å². The summed E-state index contributed by atoms with van der Waals surface area (Å²) in [6, 6.07) is 8.62. The van der Waals surface area contributed by atoms with Gasteiger partial charge in [0.2, 0.25) is 5.91 Å². The van der Waals surface area contributed by atoms with Gasteiger partial charge in [0.05, 0.1) is 12.1 Å². The second-order valence-corrected chi connectivity index (χ2v) is 6.04. The number of primary amides is 1. The zero-order valence-corrected chi connectivity index (χ0v) is 13.3. The molecule has 5 nitrogen and oxygen atoms in total. The zero-order valence-electron chi connectivity index (χ0n) is 13.3. The summed E-state index contributed by atoms with van der Waals surface area (Å²) in [4.78, 5) is 29.4. The molecule has 1 aromatic heterocycles. The number of amides is 2. The summed E-state index contributed by atoms with van der Waals surface area (Å²) in [5.74, 6) is -1.12. The van der Waals surface area contributed by atoms with Crippen LogP contribution in [0.15, 0.2) is 42.7 Å².